The molecule has 0 atom stereocenters. The molecule has 2 rings (SSSR count). The molecule has 1 N–H and O–H groups in total. The van der Waals surface area contributed by atoms with Crippen LogP contribution in [-0.4, -0.2) is 45.9 Å². The van der Waals surface area contributed by atoms with E-state index in [-0.39, 0.29) is 18.2 Å². The summed E-state index contributed by atoms with van der Waals surface area (Å²) in [6.45, 7) is 6.29. The van der Waals surface area contributed by atoms with Crippen molar-refractivity contribution in [3.8, 4) is 0 Å². The highest BCUT2D eigenvalue weighted by molar-refractivity contribution is 5.68. The third kappa shape index (κ3) is 2.82. The Morgan fingerprint density at radius 2 is 2.20 bits per heavy atom. The second-order valence-corrected chi connectivity index (χ2v) is 5.55. The van der Waals surface area contributed by atoms with Crippen molar-refractivity contribution in [1.82, 2.24) is 9.55 Å². The van der Waals surface area contributed by atoms with Crippen LogP contribution in [0, 0.1) is 0 Å². The minimum atomic E-state index is -0.996. The third-order valence-electron chi connectivity index (χ3n) is 3.30. The molecule has 1 saturated heterocycles. The fourth-order valence-electron chi connectivity index (χ4n) is 2.28. The maximum absolute atomic E-state index is 12.2. The Labute approximate surface area is 116 Å². The monoisotopic (exact) mass is 281 g/mol. The van der Waals surface area contributed by atoms with E-state index < -0.39 is 11.6 Å². The van der Waals surface area contributed by atoms with Crippen LogP contribution in [0.25, 0.3) is 0 Å². The zero-order chi connectivity index (χ0) is 14.9. The Balaban J connectivity index is 2.08. The van der Waals surface area contributed by atoms with Crippen LogP contribution in [-0.2, 0) is 9.53 Å². The van der Waals surface area contributed by atoms with Gasteiger partial charge in [0.25, 0.3) is 5.56 Å². The lowest BCUT2D eigenvalue weighted by Gasteiger charge is -2.47. The van der Waals surface area contributed by atoms with E-state index in [0.29, 0.717) is 18.9 Å². The second kappa shape index (κ2) is 5.24. The molecule has 7 nitrogen and oxygen atoms in total. The molecule has 0 aliphatic carbocycles. The molecule has 1 aromatic heterocycles. The van der Waals surface area contributed by atoms with E-state index in [1.807, 2.05) is 25.7 Å². The van der Waals surface area contributed by atoms with E-state index in [1.54, 1.807) is 17.0 Å². The maximum Gasteiger partial charge on any atom is 0.329 e. The van der Waals surface area contributed by atoms with Crippen LogP contribution in [0.2, 0.25) is 0 Å². The minimum absolute atomic E-state index is 0.0696. The molecule has 0 bridgehead atoms. The first-order valence-electron chi connectivity index (χ1n) is 6.50. The molecule has 7 heteroatoms. The molecule has 110 valence electrons. The second-order valence-electron chi connectivity index (χ2n) is 5.55. The zero-order valence-electron chi connectivity index (χ0n) is 11.9. The molecular weight excluding hydrogens is 262 g/mol. The van der Waals surface area contributed by atoms with Crippen LogP contribution < -0.4 is 10.5 Å². The van der Waals surface area contributed by atoms with Crippen molar-refractivity contribution in [1.29, 1.82) is 0 Å². The first-order chi connectivity index (χ1) is 9.32. The van der Waals surface area contributed by atoms with Gasteiger partial charge in [0.05, 0.1) is 13.1 Å². The number of hydrogen-bond acceptors (Lipinski definition) is 5. The van der Waals surface area contributed by atoms with Gasteiger partial charge in [-0.3, -0.25) is 4.79 Å². The SMILES string of the molecule is CC(C)n1ccnc(N2CC(C)(OCC(=O)O)C2)c1=O. The normalized spacial score (nSPS) is 17.1. The number of carboxylic acid groups (broad SMARTS) is 1. The highest BCUT2D eigenvalue weighted by Crippen LogP contribution is 2.27. The van der Waals surface area contributed by atoms with Gasteiger partial charge in [-0.1, -0.05) is 0 Å². The van der Waals surface area contributed by atoms with E-state index in [0.717, 1.165) is 0 Å². The fourth-order valence-corrected chi connectivity index (χ4v) is 2.28. The Hall–Kier alpha value is -1.89. The molecule has 0 aromatic carbocycles. The van der Waals surface area contributed by atoms with E-state index in [4.69, 9.17) is 9.84 Å². The molecule has 1 aliphatic heterocycles. The first-order valence-corrected chi connectivity index (χ1v) is 6.50. The summed E-state index contributed by atoms with van der Waals surface area (Å²) in [6.07, 6.45) is 3.26. The summed E-state index contributed by atoms with van der Waals surface area (Å²) >= 11 is 0. The third-order valence-corrected chi connectivity index (χ3v) is 3.30. The number of hydrogen-bond donors (Lipinski definition) is 1. The van der Waals surface area contributed by atoms with E-state index in [2.05, 4.69) is 4.98 Å². The van der Waals surface area contributed by atoms with E-state index in [1.165, 1.54) is 0 Å². The average molecular weight is 281 g/mol. The standard InChI is InChI=1S/C13H19N3O4/c1-9(2)16-5-4-14-11(12(16)19)15-7-13(3,8-15)20-6-10(17)18/h4-5,9H,6-8H2,1-3H3,(H,17,18). The maximum atomic E-state index is 12.2. The highest BCUT2D eigenvalue weighted by atomic mass is 16.5. The molecule has 0 unspecified atom stereocenters. The molecule has 20 heavy (non-hydrogen) atoms. The highest BCUT2D eigenvalue weighted by Gasteiger charge is 2.42. The van der Waals surface area contributed by atoms with E-state index >= 15 is 0 Å². The summed E-state index contributed by atoms with van der Waals surface area (Å²) in [5.74, 6) is -0.609. The smallest absolute Gasteiger partial charge is 0.329 e. The molecule has 1 aliphatic rings. The van der Waals surface area contributed by atoms with Gasteiger partial charge in [0.2, 0.25) is 0 Å². The molecule has 0 spiro atoms. The topological polar surface area (TPSA) is 84.7 Å². The Morgan fingerprint density at radius 3 is 2.75 bits per heavy atom. The summed E-state index contributed by atoms with van der Waals surface area (Å²) in [7, 11) is 0. The van der Waals surface area contributed by atoms with Gasteiger partial charge in [-0.25, -0.2) is 9.78 Å². The lowest BCUT2D eigenvalue weighted by molar-refractivity contribution is -0.150. The minimum Gasteiger partial charge on any atom is -0.480 e. The van der Waals surface area contributed by atoms with Crippen molar-refractivity contribution in [3.63, 3.8) is 0 Å². The predicted molar refractivity (Wildman–Crippen MR) is 73.1 cm³/mol. The quantitative estimate of drug-likeness (QED) is 0.846. The van der Waals surface area contributed by atoms with Crippen LogP contribution in [0.4, 0.5) is 5.82 Å². The summed E-state index contributed by atoms with van der Waals surface area (Å²) in [6, 6.07) is 0.0696. The number of rotatable bonds is 5. The van der Waals surface area contributed by atoms with Gasteiger partial charge >= 0.3 is 5.97 Å². The number of anilines is 1. The van der Waals surface area contributed by atoms with Crippen molar-refractivity contribution in [2.24, 2.45) is 0 Å². The van der Waals surface area contributed by atoms with Gasteiger partial charge in [0, 0.05) is 18.4 Å². The van der Waals surface area contributed by atoms with Crippen LogP contribution >= 0.6 is 0 Å². The van der Waals surface area contributed by atoms with Crippen LogP contribution in [0.5, 0.6) is 0 Å². The number of carbonyl (C=O) groups is 1. The van der Waals surface area contributed by atoms with Crippen molar-refractivity contribution >= 4 is 11.8 Å². The van der Waals surface area contributed by atoms with Gasteiger partial charge in [-0.2, -0.15) is 0 Å². The van der Waals surface area contributed by atoms with E-state index in [9.17, 15) is 9.59 Å². The summed E-state index contributed by atoms with van der Waals surface area (Å²) in [4.78, 5) is 28.7. The van der Waals surface area contributed by atoms with Crippen molar-refractivity contribution in [3.05, 3.63) is 22.7 Å². The van der Waals surface area contributed by atoms with Crippen LogP contribution in [0.1, 0.15) is 26.8 Å². The number of nitrogens with zero attached hydrogens (tertiary/aromatic N) is 3. The van der Waals surface area contributed by atoms with Crippen molar-refractivity contribution in [2.45, 2.75) is 32.4 Å². The molecule has 1 aromatic rings. The van der Waals surface area contributed by atoms with Gasteiger partial charge in [0.1, 0.15) is 12.2 Å². The molecule has 0 radical (unpaired) electrons. The van der Waals surface area contributed by atoms with Gasteiger partial charge in [-0.15, -0.1) is 0 Å². The molecular formula is C13H19N3O4. The van der Waals surface area contributed by atoms with Crippen molar-refractivity contribution in [2.75, 3.05) is 24.6 Å². The molecule has 2 heterocycles. The number of carboxylic acids is 1. The first kappa shape index (κ1) is 14.5. The lowest BCUT2D eigenvalue weighted by atomic mass is 9.96. The summed E-state index contributed by atoms with van der Waals surface area (Å²) in [5, 5.41) is 8.62. The van der Waals surface area contributed by atoms with Gasteiger partial charge in [-0.05, 0) is 20.8 Å². The molecule has 0 saturated carbocycles. The molecule has 1 fully saturated rings. The summed E-state index contributed by atoms with van der Waals surface area (Å²) < 4.78 is 6.94. The van der Waals surface area contributed by atoms with Gasteiger partial charge < -0.3 is 19.3 Å². The Morgan fingerprint density at radius 1 is 1.55 bits per heavy atom. The van der Waals surface area contributed by atoms with Crippen molar-refractivity contribution < 1.29 is 14.6 Å². The predicted octanol–water partition coefficient (Wildman–Crippen LogP) is 0.504. The Kier molecular flexibility index (Phi) is 3.80. The van der Waals surface area contributed by atoms with Crippen LogP contribution in [0.3, 0.4) is 0 Å². The largest absolute Gasteiger partial charge is 0.480 e. The number of ether oxygens (including phenoxy) is 1. The number of aromatic nitrogens is 2. The zero-order valence-corrected chi connectivity index (χ0v) is 11.9. The van der Waals surface area contributed by atoms with Gasteiger partial charge in [0.15, 0.2) is 5.82 Å². The van der Waals surface area contributed by atoms with Crippen LogP contribution in [0.15, 0.2) is 17.2 Å². The fraction of sp³-hybridized carbons (Fsp3) is 0.615. The Bertz CT molecular complexity index is 561. The summed E-state index contributed by atoms with van der Waals surface area (Å²) in [5.41, 5.74) is -0.673. The lowest BCUT2D eigenvalue weighted by Crippen LogP contribution is -2.63. The molecule has 0 amide bonds. The average Bonchev–Trinajstić information content (AvgIpc) is 2.33. The number of aliphatic carboxylic acids is 1.